The molecule has 1 aliphatic rings. The molecule has 2 aromatic carbocycles. The summed E-state index contributed by atoms with van der Waals surface area (Å²) in [5, 5.41) is 4.21. The summed E-state index contributed by atoms with van der Waals surface area (Å²) in [5.74, 6) is -2.05. The van der Waals surface area contributed by atoms with Crippen LogP contribution in [0.1, 0.15) is 30.0 Å². The van der Waals surface area contributed by atoms with Crippen LogP contribution >= 0.6 is 0 Å². The fourth-order valence-corrected chi connectivity index (χ4v) is 6.73. The Morgan fingerprint density at radius 3 is 2.44 bits per heavy atom. The molecule has 0 aliphatic heterocycles. The Morgan fingerprint density at radius 2 is 1.79 bits per heavy atom. The molecular formula is C29H31F2N5O6S. The third-order valence-electron chi connectivity index (χ3n) is 7.50. The van der Waals surface area contributed by atoms with Crippen molar-refractivity contribution >= 4 is 15.8 Å². The van der Waals surface area contributed by atoms with E-state index in [1.807, 2.05) is 6.07 Å². The van der Waals surface area contributed by atoms with Gasteiger partial charge in [-0.25, -0.2) is 31.5 Å². The maximum atomic E-state index is 15.7. The van der Waals surface area contributed by atoms with E-state index >= 15 is 8.78 Å². The Hall–Kier alpha value is -4.30. The molecular weight excluding hydrogens is 584 g/mol. The number of rotatable bonds is 11. The Morgan fingerprint density at radius 1 is 0.977 bits per heavy atom. The number of hydrogen-bond acceptors (Lipinski definition) is 9. The van der Waals surface area contributed by atoms with Gasteiger partial charge in [-0.15, -0.1) is 0 Å². The van der Waals surface area contributed by atoms with E-state index in [-0.39, 0.29) is 24.4 Å². The van der Waals surface area contributed by atoms with E-state index in [2.05, 4.69) is 15.1 Å². The van der Waals surface area contributed by atoms with Gasteiger partial charge in [-0.3, -0.25) is 4.68 Å². The minimum absolute atomic E-state index is 0.0522. The second kappa shape index (κ2) is 12.5. The average Bonchev–Trinajstić information content (AvgIpc) is 3.62. The van der Waals surface area contributed by atoms with Gasteiger partial charge in [0.2, 0.25) is 0 Å². The Labute approximate surface area is 248 Å². The number of sulfonamides is 1. The van der Waals surface area contributed by atoms with Gasteiger partial charge in [-0.05, 0) is 24.6 Å². The zero-order valence-corrected chi connectivity index (χ0v) is 24.8. The second-order valence-electron chi connectivity index (χ2n) is 9.94. The van der Waals surface area contributed by atoms with Crippen LogP contribution in [0.5, 0.6) is 17.2 Å². The molecule has 14 heteroatoms. The molecule has 11 nitrogen and oxygen atoms in total. The first-order valence-electron chi connectivity index (χ1n) is 13.3. The van der Waals surface area contributed by atoms with Gasteiger partial charge >= 0.3 is 0 Å². The lowest BCUT2D eigenvalue weighted by molar-refractivity contribution is 0.0937. The lowest BCUT2D eigenvalue weighted by Crippen LogP contribution is -2.32. The highest BCUT2D eigenvalue weighted by molar-refractivity contribution is 7.92. The van der Waals surface area contributed by atoms with Crippen molar-refractivity contribution in [1.29, 1.82) is 0 Å². The molecule has 0 unspecified atom stereocenters. The third kappa shape index (κ3) is 6.11. The first kappa shape index (κ1) is 30.2. The van der Waals surface area contributed by atoms with Crippen molar-refractivity contribution in [3.8, 4) is 17.2 Å². The monoisotopic (exact) mass is 615 g/mol. The number of aryl methyl sites for hydroxylation is 1. The van der Waals surface area contributed by atoms with Crippen molar-refractivity contribution < 1.29 is 36.1 Å². The molecule has 4 aromatic rings. The molecule has 43 heavy (non-hydrogen) atoms. The quantitative estimate of drug-likeness (QED) is 0.244. The van der Waals surface area contributed by atoms with Crippen molar-refractivity contribution in [2.75, 3.05) is 25.6 Å². The number of ether oxygens (including phenoxy) is 4. The topological polar surface area (TPSA) is 118 Å². The van der Waals surface area contributed by atoms with Crippen LogP contribution in [0.15, 0.2) is 66.1 Å². The van der Waals surface area contributed by atoms with Crippen LogP contribution in [0.2, 0.25) is 0 Å². The molecule has 2 aromatic heterocycles. The number of methoxy groups -OCH3 is 3. The summed E-state index contributed by atoms with van der Waals surface area (Å²) < 4.78 is 83.8. The minimum atomic E-state index is -4.70. The molecule has 228 valence electrons. The molecule has 1 fully saturated rings. The molecule has 2 heterocycles. The summed E-state index contributed by atoms with van der Waals surface area (Å²) in [4.78, 5) is 7.02. The van der Waals surface area contributed by atoms with Gasteiger partial charge in [0.15, 0.2) is 11.6 Å². The molecule has 0 N–H and O–H groups in total. The first-order chi connectivity index (χ1) is 20.7. The average molecular weight is 616 g/mol. The van der Waals surface area contributed by atoms with Gasteiger partial charge in [-0.1, -0.05) is 0 Å². The lowest BCUT2D eigenvalue weighted by atomic mass is 10.0. The van der Waals surface area contributed by atoms with E-state index in [1.165, 1.54) is 26.5 Å². The summed E-state index contributed by atoms with van der Waals surface area (Å²) in [5.41, 5.74) is 1.29. The van der Waals surface area contributed by atoms with Gasteiger partial charge < -0.3 is 18.9 Å². The van der Waals surface area contributed by atoms with Gasteiger partial charge in [0, 0.05) is 74.4 Å². The smallest absolute Gasteiger partial charge is 0.268 e. The largest absolute Gasteiger partial charge is 0.497 e. The Balaban J connectivity index is 1.49. The Kier molecular flexibility index (Phi) is 8.78. The highest BCUT2D eigenvalue weighted by atomic mass is 32.2. The SMILES string of the molecule is COc1ccc(CN(c2ccncn2)S(=O)(=O)c2cc(F)c(O[C@H]3C[C@H](OC)C[C@@H]3c3ccnn3C)cc2F)c(OC)c1. The standard InChI is InChI=1S/C29H31F2N5O6S/c1-35-24(7-10-34-35)21-11-20(40-3)13-26(21)42-27-14-23(31)28(15-22(27)30)43(37,38)36(29-8-9-32-17-33-29)16-18-5-6-19(39-2)12-25(18)41-4/h5-10,12,14-15,17,20-21,26H,11,13,16H2,1-4H3/t20-,21-,26+/m1/s1. The molecule has 0 bridgehead atoms. The number of aromatic nitrogens is 4. The summed E-state index contributed by atoms with van der Waals surface area (Å²) in [6.07, 6.45) is 4.46. The molecule has 0 radical (unpaired) electrons. The summed E-state index contributed by atoms with van der Waals surface area (Å²) in [6.45, 7) is -0.307. The van der Waals surface area contributed by atoms with Crippen LogP contribution in [0.3, 0.4) is 0 Å². The van der Waals surface area contributed by atoms with Crippen LogP contribution in [0.25, 0.3) is 0 Å². The molecule has 0 spiro atoms. The van der Waals surface area contributed by atoms with Crippen LogP contribution < -0.4 is 18.5 Å². The zero-order chi connectivity index (χ0) is 30.7. The normalized spacial score (nSPS) is 18.4. The van der Waals surface area contributed by atoms with E-state index < -0.39 is 38.4 Å². The van der Waals surface area contributed by atoms with Gasteiger partial charge in [-0.2, -0.15) is 5.10 Å². The van der Waals surface area contributed by atoms with E-state index in [9.17, 15) is 8.42 Å². The summed E-state index contributed by atoms with van der Waals surface area (Å²) >= 11 is 0. The van der Waals surface area contributed by atoms with E-state index in [1.54, 1.807) is 43.2 Å². The van der Waals surface area contributed by atoms with Crippen molar-refractivity contribution in [3.05, 3.63) is 84.1 Å². The van der Waals surface area contributed by atoms with Gasteiger partial charge in [0.25, 0.3) is 10.0 Å². The van der Waals surface area contributed by atoms with Crippen molar-refractivity contribution in [1.82, 2.24) is 19.7 Å². The zero-order valence-electron chi connectivity index (χ0n) is 24.0. The summed E-state index contributed by atoms with van der Waals surface area (Å²) in [7, 11) is 1.58. The predicted molar refractivity (Wildman–Crippen MR) is 152 cm³/mol. The maximum absolute atomic E-state index is 15.7. The number of nitrogens with zero attached hydrogens (tertiary/aromatic N) is 5. The van der Waals surface area contributed by atoms with Crippen LogP contribution in [-0.2, 0) is 28.4 Å². The highest BCUT2D eigenvalue weighted by Crippen LogP contribution is 2.40. The molecule has 0 amide bonds. The van der Waals surface area contributed by atoms with E-state index in [0.717, 1.165) is 22.4 Å². The van der Waals surface area contributed by atoms with Crippen LogP contribution in [0.4, 0.5) is 14.6 Å². The van der Waals surface area contributed by atoms with E-state index in [0.29, 0.717) is 36.0 Å². The van der Waals surface area contributed by atoms with Gasteiger partial charge in [0.1, 0.15) is 40.5 Å². The molecule has 0 saturated heterocycles. The number of benzene rings is 2. The molecule has 3 atom stereocenters. The second-order valence-corrected chi connectivity index (χ2v) is 11.8. The van der Waals surface area contributed by atoms with Gasteiger partial charge in [0.05, 0.1) is 26.9 Å². The maximum Gasteiger partial charge on any atom is 0.268 e. The van der Waals surface area contributed by atoms with Crippen molar-refractivity contribution in [2.45, 2.75) is 42.4 Å². The number of halogens is 2. The van der Waals surface area contributed by atoms with Crippen LogP contribution in [-0.4, -0.2) is 61.7 Å². The molecule has 1 aliphatic carbocycles. The fraction of sp³-hybridized carbons (Fsp3) is 0.345. The lowest BCUT2D eigenvalue weighted by Gasteiger charge is -2.25. The highest BCUT2D eigenvalue weighted by Gasteiger charge is 2.39. The molecule has 5 rings (SSSR count). The third-order valence-corrected chi connectivity index (χ3v) is 9.26. The van der Waals surface area contributed by atoms with Crippen LogP contribution in [0, 0.1) is 11.6 Å². The molecule has 1 saturated carbocycles. The van der Waals surface area contributed by atoms with Crippen molar-refractivity contribution in [3.63, 3.8) is 0 Å². The Bertz CT molecular complexity index is 1690. The summed E-state index contributed by atoms with van der Waals surface area (Å²) in [6, 6.07) is 9.40. The predicted octanol–water partition coefficient (Wildman–Crippen LogP) is 4.24. The minimum Gasteiger partial charge on any atom is -0.497 e. The number of hydrogen-bond donors (Lipinski definition) is 0. The number of anilines is 1. The fourth-order valence-electron chi connectivity index (χ4n) is 5.27. The first-order valence-corrected chi connectivity index (χ1v) is 14.8. The van der Waals surface area contributed by atoms with E-state index in [4.69, 9.17) is 18.9 Å². The van der Waals surface area contributed by atoms with Crippen molar-refractivity contribution in [2.24, 2.45) is 7.05 Å².